The molecule has 0 saturated carbocycles. The number of anilines is 2. The number of rotatable bonds is 3. The number of hydrogen-bond donors (Lipinski definition) is 1. The Morgan fingerprint density at radius 2 is 1.80 bits per heavy atom. The molecule has 2 amide bonds. The number of nitrogens with one attached hydrogen (secondary N) is 1. The van der Waals surface area contributed by atoms with Crippen molar-refractivity contribution in [1.29, 1.82) is 0 Å². The van der Waals surface area contributed by atoms with Crippen LogP contribution in [0.15, 0.2) is 42.5 Å². The van der Waals surface area contributed by atoms with Gasteiger partial charge in [-0.3, -0.25) is 15.0 Å². The number of carbonyl (C=O) groups excluding carboxylic acids is 3. The Morgan fingerprint density at radius 1 is 1.10 bits per heavy atom. The predicted molar refractivity (Wildman–Crippen MR) is 114 cm³/mol. The molecular formula is C23H26N2O5. The fourth-order valence-corrected chi connectivity index (χ4v) is 3.27. The molecule has 7 heteroatoms. The molecule has 0 bridgehead atoms. The standard InChI is InChI=1S/C23H26N2O5/c1-15-10-11-17(24-21(27)30-23(2,3)4)19-18(26)12-13-25(20(15)19)22(28)29-14-16-8-6-5-7-9-16/h5-11H,12-14H2,1-4H3,(H,24,27). The summed E-state index contributed by atoms with van der Waals surface area (Å²) in [4.78, 5) is 39.2. The summed E-state index contributed by atoms with van der Waals surface area (Å²) < 4.78 is 10.8. The van der Waals surface area contributed by atoms with Crippen LogP contribution in [0.25, 0.3) is 0 Å². The zero-order valence-electron chi connectivity index (χ0n) is 17.7. The summed E-state index contributed by atoms with van der Waals surface area (Å²) in [6.07, 6.45) is -1.06. The second-order valence-corrected chi connectivity index (χ2v) is 8.15. The highest BCUT2D eigenvalue weighted by Crippen LogP contribution is 2.36. The molecule has 1 aliphatic rings. The lowest BCUT2D eigenvalue weighted by Gasteiger charge is -2.31. The monoisotopic (exact) mass is 410 g/mol. The van der Waals surface area contributed by atoms with Gasteiger partial charge >= 0.3 is 12.2 Å². The second-order valence-electron chi connectivity index (χ2n) is 8.15. The molecular weight excluding hydrogens is 384 g/mol. The average Bonchev–Trinajstić information content (AvgIpc) is 2.68. The van der Waals surface area contributed by atoms with Gasteiger partial charge in [0, 0.05) is 13.0 Å². The van der Waals surface area contributed by atoms with E-state index in [1.807, 2.05) is 37.3 Å². The zero-order valence-corrected chi connectivity index (χ0v) is 17.7. The first kappa shape index (κ1) is 21.4. The molecule has 1 aliphatic heterocycles. The third-order valence-corrected chi connectivity index (χ3v) is 4.55. The van der Waals surface area contributed by atoms with Crippen LogP contribution in [0.5, 0.6) is 0 Å². The Labute approximate surface area is 176 Å². The van der Waals surface area contributed by atoms with Gasteiger partial charge in [0.05, 0.1) is 16.9 Å². The van der Waals surface area contributed by atoms with Crippen LogP contribution in [0, 0.1) is 6.92 Å². The molecule has 158 valence electrons. The maximum atomic E-state index is 12.8. The van der Waals surface area contributed by atoms with E-state index in [-0.39, 0.29) is 25.4 Å². The van der Waals surface area contributed by atoms with Crippen molar-refractivity contribution < 1.29 is 23.9 Å². The van der Waals surface area contributed by atoms with E-state index in [0.717, 1.165) is 11.1 Å². The van der Waals surface area contributed by atoms with Gasteiger partial charge in [-0.2, -0.15) is 0 Å². The fraction of sp³-hybridized carbons (Fsp3) is 0.348. The van der Waals surface area contributed by atoms with Gasteiger partial charge in [-0.05, 0) is 44.9 Å². The van der Waals surface area contributed by atoms with E-state index >= 15 is 0 Å². The van der Waals surface area contributed by atoms with Gasteiger partial charge in [-0.15, -0.1) is 0 Å². The molecule has 0 aromatic heterocycles. The molecule has 2 aromatic rings. The molecule has 0 atom stereocenters. The Hall–Kier alpha value is -3.35. The maximum absolute atomic E-state index is 12.8. The van der Waals surface area contributed by atoms with Crippen LogP contribution in [0.4, 0.5) is 21.0 Å². The molecule has 30 heavy (non-hydrogen) atoms. The number of carbonyl (C=O) groups is 3. The summed E-state index contributed by atoms with van der Waals surface area (Å²) in [5.74, 6) is -0.146. The highest BCUT2D eigenvalue weighted by molar-refractivity contribution is 6.13. The average molecular weight is 410 g/mol. The fourth-order valence-electron chi connectivity index (χ4n) is 3.27. The first-order valence-corrected chi connectivity index (χ1v) is 9.81. The quantitative estimate of drug-likeness (QED) is 0.763. The molecule has 1 N–H and O–H groups in total. The van der Waals surface area contributed by atoms with Crippen molar-refractivity contribution >= 4 is 29.3 Å². The van der Waals surface area contributed by atoms with Crippen molar-refractivity contribution in [3.05, 3.63) is 59.2 Å². The third kappa shape index (κ3) is 4.97. The van der Waals surface area contributed by atoms with Crippen LogP contribution in [-0.2, 0) is 16.1 Å². The third-order valence-electron chi connectivity index (χ3n) is 4.55. The van der Waals surface area contributed by atoms with E-state index in [1.54, 1.807) is 32.9 Å². The topological polar surface area (TPSA) is 84.9 Å². The van der Waals surface area contributed by atoms with Crippen LogP contribution >= 0.6 is 0 Å². The molecule has 1 heterocycles. The smallest absolute Gasteiger partial charge is 0.414 e. The van der Waals surface area contributed by atoms with Crippen molar-refractivity contribution in [3.63, 3.8) is 0 Å². The number of aryl methyl sites for hydroxylation is 1. The molecule has 3 rings (SSSR count). The van der Waals surface area contributed by atoms with Gasteiger partial charge in [0.1, 0.15) is 12.2 Å². The van der Waals surface area contributed by atoms with Gasteiger partial charge in [-0.1, -0.05) is 36.4 Å². The number of ether oxygens (including phenoxy) is 2. The summed E-state index contributed by atoms with van der Waals surface area (Å²) in [6.45, 7) is 7.43. The van der Waals surface area contributed by atoms with E-state index in [0.29, 0.717) is 16.9 Å². The van der Waals surface area contributed by atoms with Crippen molar-refractivity contribution in [2.75, 3.05) is 16.8 Å². The van der Waals surface area contributed by atoms with Crippen molar-refractivity contribution in [2.24, 2.45) is 0 Å². The molecule has 0 spiro atoms. The molecule has 0 saturated heterocycles. The van der Waals surface area contributed by atoms with Crippen LogP contribution in [0.1, 0.15) is 48.7 Å². The lowest BCUT2D eigenvalue weighted by molar-refractivity contribution is 0.0636. The predicted octanol–water partition coefficient (Wildman–Crippen LogP) is 5.07. The molecule has 2 aromatic carbocycles. The highest BCUT2D eigenvalue weighted by atomic mass is 16.6. The van der Waals surface area contributed by atoms with E-state index in [9.17, 15) is 14.4 Å². The summed E-state index contributed by atoms with van der Waals surface area (Å²) >= 11 is 0. The number of hydrogen-bond acceptors (Lipinski definition) is 5. The summed E-state index contributed by atoms with van der Waals surface area (Å²) in [6, 6.07) is 12.8. The van der Waals surface area contributed by atoms with E-state index < -0.39 is 17.8 Å². The summed E-state index contributed by atoms with van der Waals surface area (Å²) in [7, 11) is 0. The van der Waals surface area contributed by atoms with Crippen molar-refractivity contribution in [3.8, 4) is 0 Å². The largest absolute Gasteiger partial charge is 0.444 e. The number of ketones is 1. The molecule has 0 radical (unpaired) electrons. The van der Waals surface area contributed by atoms with Crippen LogP contribution in [0.2, 0.25) is 0 Å². The van der Waals surface area contributed by atoms with E-state index in [4.69, 9.17) is 9.47 Å². The minimum atomic E-state index is -0.674. The van der Waals surface area contributed by atoms with Crippen LogP contribution in [-0.4, -0.2) is 30.1 Å². The van der Waals surface area contributed by atoms with Gasteiger partial charge in [0.25, 0.3) is 0 Å². The van der Waals surface area contributed by atoms with Gasteiger partial charge in [0.2, 0.25) is 0 Å². The second kappa shape index (κ2) is 8.57. The minimum absolute atomic E-state index is 0.133. The van der Waals surface area contributed by atoms with E-state index in [2.05, 4.69) is 5.32 Å². The normalized spacial score (nSPS) is 13.5. The SMILES string of the molecule is Cc1ccc(NC(=O)OC(C)(C)C)c2c1N(C(=O)OCc1ccccc1)CCC2=O. The number of amides is 2. The number of nitrogens with zero attached hydrogens (tertiary/aromatic N) is 1. The summed E-state index contributed by atoms with van der Waals surface area (Å²) in [5, 5.41) is 2.64. The molecule has 7 nitrogen and oxygen atoms in total. The lowest BCUT2D eigenvalue weighted by atomic mass is 9.95. The van der Waals surface area contributed by atoms with Crippen molar-refractivity contribution in [1.82, 2.24) is 0 Å². The first-order chi connectivity index (χ1) is 14.2. The Balaban J connectivity index is 1.85. The number of Topliss-reactive ketones (excluding diaryl/α,β-unsaturated/α-hetero) is 1. The Kier molecular flexibility index (Phi) is 6.10. The summed E-state index contributed by atoms with van der Waals surface area (Å²) in [5.41, 5.74) is 2.00. The lowest BCUT2D eigenvalue weighted by Crippen LogP contribution is -2.39. The Morgan fingerprint density at radius 3 is 2.47 bits per heavy atom. The zero-order chi connectivity index (χ0) is 21.9. The minimum Gasteiger partial charge on any atom is -0.444 e. The molecule has 0 aliphatic carbocycles. The van der Waals surface area contributed by atoms with E-state index in [1.165, 1.54) is 4.90 Å². The maximum Gasteiger partial charge on any atom is 0.414 e. The number of fused-ring (bicyclic) bond motifs is 1. The van der Waals surface area contributed by atoms with Gasteiger partial charge in [0.15, 0.2) is 5.78 Å². The van der Waals surface area contributed by atoms with Crippen LogP contribution in [0.3, 0.4) is 0 Å². The molecule has 0 fully saturated rings. The Bertz CT molecular complexity index is 964. The van der Waals surface area contributed by atoms with Crippen molar-refractivity contribution in [2.45, 2.75) is 46.3 Å². The first-order valence-electron chi connectivity index (χ1n) is 9.81. The molecule has 0 unspecified atom stereocenters. The van der Waals surface area contributed by atoms with Gasteiger partial charge in [-0.25, -0.2) is 9.59 Å². The van der Waals surface area contributed by atoms with Gasteiger partial charge < -0.3 is 9.47 Å². The number of benzene rings is 2. The van der Waals surface area contributed by atoms with Crippen LogP contribution < -0.4 is 10.2 Å². The highest BCUT2D eigenvalue weighted by Gasteiger charge is 2.32.